The predicted octanol–water partition coefficient (Wildman–Crippen LogP) is 2.44. The lowest BCUT2D eigenvalue weighted by Gasteiger charge is -2.09. The first-order valence-electron chi connectivity index (χ1n) is 5.78. The summed E-state index contributed by atoms with van der Waals surface area (Å²) >= 11 is 1.12. The van der Waals surface area contributed by atoms with E-state index in [1.165, 1.54) is 0 Å². The molecule has 3 rings (SSSR count). The molecule has 1 aliphatic rings. The van der Waals surface area contributed by atoms with E-state index >= 15 is 0 Å². The first-order valence-corrected chi connectivity index (χ1v) is 6.60. The van der Waals surface area contributed by atoms with Crippen LogP contribution in [-0.4, -0.2) is 16.0 Å². The molecule has 1 aromatic carbocycles. The van der Waals surface area contributed by atoms with Gasteiger partial charge in [-0.2, -0.15) is 0 Å². The van der Waals surface area contributed by atoms with Crippen molar-refractivity contribution >= 4 is 28.6 Å². The number of thioether (sulfide) groups is 1. The third kappa shape index (κ3) is 2.24. The van der Waals surface area contributed by atoms with Crippen molar-refractivity contribution in [3.63, 3.8) is 0 Å². The Kier molecular flexibility index (Phi) is 3.05. The number of hydrogen-bond donors (Lipinski definition) is 1. The van der Waals surface area contributed by atoms with Crippen molar-refractivity contribution in [2.45, 2.75) is 10.8 Å². The van der Waals surface area contributed by atoms with Gasteiger partial charge >= 0.3 is 0 Å². The zero-order valence-corrected chi connectivity index (χ0v) is 10.7. The molecular formula is C14H10N2O2S. The van der Waals surface area contributed by atoms with Crippen LogP contribution in [0.1, 0.15) is 11.5 Å². The fourth-order valence-electron chi connectivity index (χ4n) is 1.99. The van der Waals surface area contributed by atoms with Crippen LogP contribution in [0.15, 0.2) is 53.6 Å². The smallest absolute Gasteiger partial charge is 0.241 e. The van der Waals surface area contributed by atoms with Gasteiger partial charge in [0.05, 0.1) is 0 Å². The molecule has 0 fully saturated rings. The summed E-state index contributed by atoms with van der Waals surface area (Å²) in [5.74, 6) is -0.626. The van der Waals surface area contributed by atoms with Gasteiger partial charge in [-0.05, 0) is 23.8 Å². The summed E-state index contributed by atoms with van der Waals surface area (Å²) in [6, 6.07) is 12.6. The maximum atomic E-state index is 12.2. The average molecular weight is 270 g/mol. The summed E-state index contributed by atoms with van der Waals surface area (Å²) < 4.78 is 0. The fourth-order valence-corrected chi connectivity index (χ4v) is 3.01. The van der Waals surface area contributed by atoms with Gasteiger partial charge in [-0.1, -0.05) is 36.0 Å². The first-order chi connectivity index (χ1) is 9.25. The molecule has 5 heteroatoms. The molecule has 0 spiro atoms. The molecule has 94 valence electrons. The van der Waals surface area contributed by atoms with Gasteiger partial charge in [0.1, 0.15) is 11.7 Å². The number of nitrogens with one attached hydrogen (secondary N) is 1. The lowest BCUT2D eigenvalue weighted by Crippen LogP contribution is -2.24. The Hall–Kier alpha value is -2.14. The van der Waals surface area contributed by atoms with Crippen molar-refractivity contribution in [3.05, 3.63) is 54.2 Å². The van der Waals surface area contributed by atoms with E-state index in [9.17, 15) is 9.59 Å². The van der Waals surface area contributed by atoms with Crippen LogP contribution in [0.3, 0.4) is 0 Å². The third-order valence-corrected chi connectivity index (χ3v) is 3.88. The molecule has 1 aromatic heterocycles. The van der Waals surface area contributed by atoms with Crippen molar-refractivity contribution in [1.29, 1.82) is 0 Å². The number of rotatable bonds is 2. The molecule has 2 heterocycles. The normalized spacial score (nSPS) is 17.1. The zero-order chi connectivity index (χ0) is 13.2. The van der Waals surface area contributed by atoms with E-state index in [0.29, 0.717) is 5.82 Å². The molecule has 1 atom stereocenters. The topological polar surface area (TPSA) is 59.1 Å². The van der Waals surface area contributed by atoms with E-state index in [4.69, 9.17) is 0 Å². The Labute approximate surface area is 114 Å². The van der Waals surface area contributed by atoms with Gasteiger partial charge in [0.15, 0.2) is 0 Å². The maximum Gasteiger partial charge on any atom is 0.241 e. The molecule has 1 aliphatic heterocycles. The number of benzene rings is 1. The van der Waals surface area contributed by atoms with Crippen LogP contribution in [0.4, 0.5) is 5.82 Å². The van der Waals surface area contributed by atoms with Crippen molar-refractivity contribution in [1.82, 2.24) is 4.98 Å². The number of nitrogens with zero attached hydrogens (tertiary/aromatic N) is 1. The quantitative estimate of drug-likeness (QED) is 0.851. The van der Waals surface area contributed by atoms with E-state index < -0.39 is 5.92 Å². The Balaban J connectivity index is 1.86. The van der Waals surface area contributed by atoms with Gasteiger partial charge in [0.25, 0.3) is 0 Å². The molecule has 0 radical (unpaired) electrons. The molecule has 0 saturated carbocycles. The average Bonchev–Trinajstić information content (AvgIpc) is 2.75. The third-order valence-electron chi connectivity index (χ3n) is 2.85. The lowest BCUT2D eigenvalue weighted by molar-refractivity contribution is -0.123. The van der Waals surface area contributed by atoms with Crippen LogP contribution in [0, 0.1) is 0 Å². The lowest BCUT2D eigenvalue weighted by atomic mass is 10.00. The Morgan fingerprint density at radius 3 is 2.74 bits per heavy atom. The predicted molar refractivity (Wildman–Crippen MR) is 72.9 cm³/mol. The van der Waals surface area contributed by atoms with E-state index in [0.717, 1.165) is 22.2 Å². The Morgan fingerprint density at radius 2 is 1.95 bits per heavy atom. The van der Waals surface area contributed by atoms with Gasteiger partial charge in [-0.3, -0.25) is 9.59 Å². The highest BCUT2D eigenvalue weighted by Crippen LogP contribution is 2.41. The fraction of sp³-hybridized carbons (Fsp3) is 0.0714. The number of carbonyl (C=O) groups is 2. The molecule has 4 nitrogen and oxygen atoms in total. The van der Waals surface area contributed by atoms with E-state index in [1.54, 1.807) is 24.4 Å². The van der Waals surface area contributed by atoms with Crippen LogP contribution in [0.25, 0.3) is 0 Å². The molecule has 1 N–H and O–H groups in total. The minimum absolute atomic E-state index is 0.144. The van der Waals surface area contributed by atoms with Crippen molar-refractivity contribution in [3.8, 4) is 0 Å². The minimum Gasteiger partial charge on any atom is -0.310 e. The number of carbonyl (C=O) groups excluding carboxylic acids is 2. The van der Waals surface area contributed by atoms with Gasteiger partial charge in [-0.15, -0.1) is 0 Å². The summed E-state index contributed by atoms with van der Waals surface area (Å²) in [7, 11) is 0. The second-order valence-electron chi connectivity index (χ2n) is 4.10. The molecule has 2 aromatic rings. The minimum atomic E-state index is -0.747. The summed E-state index contributed by atoms with van der Waals surface area (Å²) in [5, 5.41) is 2.53. The molecular weight excluding hydrogens is 260 g/mol. The van der Waals surface area contributed by atoms with Crippen LogP contribution >= 0.6 is 11.8 Å². The number of fused-ring (bicyclic) bond motifs is 1. The van der Waals surface area contributed by atoms with E-state index in [1.807, 2.05) is 24.3 Å². The summed E-state index contributed by atoms with van der Waals surface area (Å²) in [6.45, 7) is 0. The highest BCUT2D eigenvalue weighted by molar-refractivity contribution is 8.14. The van der Waals surface area contributed by atoms with Gasteiger partial charge in [0.2, 0.25) is 11.0 Å². The van der Waals surface area contributed by atoms with Crippen LogP contribution in [0.5, 0.6) is 0 Å². The van der Waals surface area contributed by atoms with Crippen LogP contribution < -0.4 is 5.32 Å². The van der Waals surface area contributed by atoms with Crippen LogP contribution in [0.2, 0.25) is 0 Å². The number of anilines is 1. The molecule has 0 bridgehead atoms. The first kappa shape index (κ1) is 11.9. The Morgan fingerprint density at radius 1 is 1.16 bits per heavy atom. The molecule has 0 aliphatic carbocycles. The number of hydrogen-bond acceptors (Lipinski definition) is 4. The molecule has 1 amide bonds. The largest absolute Gasteiger partial charge is 0.310 e. The second kappa shape index (κ2) is 4.85. The van der Waals surface area contributed by atoms with Gasteiger partial charge in [-0.25, -0.2) is 4.98 Å². The van der Waals surface area contributed by atoms with Crippen LogP contribution in [-0.2, 0) is 9.59 Å². The summed E-state index contributed by atoms with van der Waals surface area (Å²) in [5.41, 5.74) is 0.769. The summed E-state index contributed by atoms with van der Waals surface area (Å²) in [4.78, 5) is 29.0. The van der Waals surface area contributed by atoms with Crippen molar-refractivity contribution < 1.29 is 9.59 Å². The van der Waals surface area contributed by atoms with Crippen molar-refractivity contribution in [2.24, 2.45) is 0 Å². The number of pyridine rings is 1. The van der Waals surface area contributed by atoms with Gasteiger partial charge < -0.3 is 5.32 Å². The standard InChI is InChI=1S/C14H10N2O2S/c17-13(16-11-7-3-4-8-15-11)12-9-5-1-2-6-10(9)19-14(12)18/h1-8,12H,(H,15,16,17). The highest BCUT2D eigenvalue weighted by atomic mass is 32.2. The highest BCUT2D eigenvalue weighted by Gasteiger charge is 2.37. The molecule has 19 heavy (non-hydrogen) atoms. The number of amides is 1. The zero-order valence-electron chi connectivity index (χ0n) is 9.87. The maximum absolute atomic E-state index is 12.2. The van der Waals surface area contributed by atoms with Gasteiger partial charge in [0, 0.05) is 11.1 Å². The molecule has 1 unspecified atom stereocenters. The van der Waals surface area contributed by atoms with Crippen molar-refractivity contribution in [2.75, 3.05) is 5.32 Å². The monoisotopic (exact) mass is 270 g/mol. The SMILES string of the molecule is O=C(Nc1ccccn1)C1C(=O)Sc2ccccc21. The summed E-state index contributed by atoms with van der Waals surface area (Å²) in [6.07, 6.45) is 1.59. The van der Waals surface area contributed by atoms with E-state index in [-0.39, 0.29) is 11.0 Å². The second-order valence-corrected chi connectivity index (χ2v) is 5.14. The number of aromatic nitrogens is 1. The Bertz CT molecular complexity index is 643. The molecule has 0 saturated heterocycles. The van der Waals surface area contributed by atoms with E-state index in [2.05, 4.69) is 10.3 Å².